The van der Waals surface area contributed by atoms with Gasteiger partial charge in [-0.25, -0.2) is 4.39 Å². The van der Waals surface area contributed by atoms with Crippen molar-refractivity contribution in [2.24, 2.45) is 0 Å². The summed E-state index contributed by atoms with van der Waals surface area (Å²) in [5, 5.41) is 4.53. The molecule has 0 aliphatic heterocycles. The molecular weight excluding hydrogens is 461 g/mol. The van der Waals surface area contributed by atoms with Crippen LogP contribution in [0, 0.1) is 19.7 Å². The smallest absolute Gasteiger partial charge is 0.267 e. The van der Waals surface area contributed by atoms with E-state index in [1.54, 1.807) is 31.2 Å². The van der Waals surface area contributed by atoms with Crippen LogP contribution in [-0.2, 0) is 0 Å². The number of anilines is 1. The SMILES string of the molecule is Cc1ccc2c(Cl)c(C(=O)Nc3c(C(=O)c4ccc(C)c(F)c4)oc4ccccc34)sc2c1. The van der Waals surface area contributed by atoms with Gasteiger partial charge in [0.25, 0.3) is 5.91 Å². The van der Waals surface area contributed by atoms with Gasteiger partial charge in [0.2, 0.25) is 5.78 Å². The number of carbonyl (C=O) groups excluding carboxylic acids is 2. The summed E-state index contributed by atoms with van der Waals surface area (Å²) in [7, 11) is 0. The van der Waals surface area contributed by atoms with Crippen LogP contribution in [-0.4, -0.2) is 11.7 Å². The van der Waals surface area contributed by atoms with Gasteiger partial charge in [-0.05, 0) is 49.2 Å². The number of fused-ring (bicyclic) bond motifs is 2. The van der Waals surface area contributed by atoms with E-state index in [0.717, 1.165) is 15.6 Å². The summed E-state index contributed by atoms with van der Waals surface area (Å²) in [5.41, 5.74) is 2.28. The van der Waals surface area contributed by atoms with Gasteiger partial charge in [0.05, 0.1) is 10.7 Å². The maximum Gasteiger partial charge on any atom is 0.267 e. The Bertz CT molecular complexity index is 1580. The lowest BCUT2D eigenvalue weighted by atomic mass is 10.0. The predicted octanol–water partition coefficient (Wildman–Crippen LogP) is 7.54. The number of amides is 1. The Morgan fingerprint density at radius 2 is 1.79 bits per heavy atom. The molecule has 3 aromatic carbocycles. The van der Waals surface area contributed by atoms with E-state index in [-0.39, 0.29) is 17.0 Å². The molecule has 0 saturated carbocycles. The van der Waals surface area contributed by atoms with Crippen LogP contribution in [0.1, 0.15) is 36.9 Å². The second kappa shape index (κ2) is 8.14. The maximum atomic E-state index is 14.1. The minimum atomic E-state index is -0.529. The van der Waals surface area contributed by atoms with Crippen molar-refractivity contribution in [2.75, 3.05) is 5.32 Å². The summed E-state index contributed by atoms with van der Waals surface area (Å²) >= 11 is 7.79. The van der Waals surface area contributed by atoms with Crippen molar-refractivity contribution < 1.29 is 18.4 Å². The van der Waals surface area contributed by atoms with Gasteiger partial charge in [-0.15, -0.1) is 11.3 Å². The molecule has 4 nitrogen and oxygen atoms in total. The van der Waals surface area contributed by atoms with Gasteiger partial charge in [0, 0.05) is 21.0 Å². The van der Waals surface area contributed by atoms with Crippen LogP contribution in [0.25, 0.3) is 21.1 Å². The molecule has 1 amide bonds. The summed E-state index contributed by atoms with van der Waals surface area (Å²) in [6.07, 6.45) is 0. The van der Waals surface area contributed by atoms with Gasteiger partial charge in [0.1, 0.15) is 16.3 Å². The Morgan fingerprint density at radius 1 is 1.00 bits per heavy atom. The number of hydrogen-bond donors (Lipinski definition) is 1. The van der Waals surface area contributed by atoms with Crippen molar-refractivity contribution in [2.45, 2.75) is 13.8 Å². The number of ketones is 1. The van der Waals surface area contributed by atoms with E-state index in [0.29, 0.717) is 26.4 Å². The average molecular weight is 478 g/mol. The summed E-state index contributed by atoms with van der Waals surface area (Å²) in [6.45, 7) is 3.59. The number of aryl methyl sites for hydroxylation is 2. The molecule has 0 saturated heterocycles. The molecule has 2 aromatic heterocycles. The highest BCUT2D eigenvalue weighted by atomic mass is 35.5. The van der Waals surface area contributed by atoms with Gasteiger partial charge in [0.15, 0.2) is 5.76 Å². The molecule has 0 radical (unpaired) electrons. The number of benzene rings is 3. The van der Waals surface area contributed by atoms with E-state index in [4.69, 9.17) is 16.0 Å². The fourth-order valence-corrected chi connectivity index (χ4v) is 5.19. The molecule has 5 rings (SSSR count). The molecule has 0 atom stereocenters. The van der Waals surface area contributed by atoms with Crippen molar-refractivity contribution in [3.63, 3.8) is 0 Å². The summed E-state index contributed by atoms with van der Waals surface area (Å²) in [6, 6.07) is 17.0. The number of hydrogen-bond acceptors (Lipinski definition) is 4. The summed E-state index contributed by atoms with van der Waals surface area (Å²) in [4.78, 5) is 26.8. The number of thiophene rings is 1. The lowest BCUT2D eigenvalue weighted by Crippen LogP contribution is -2.13. The van der Waals surface area contributed by atoms with Crippen LogP contribution in [0.3, 0.4) is 0 Å². The number of nitrogens with one attached hydrogen (secondary N) is 1. The second-order valence-electron chi connectivity index (χ2n) is 7.79. The molecule has 0 unspecified atom stereocenters. The van der Waals surface area contributed by atoms with Crippen molar-refractivity contribution in [3.8, 4) is 0 Å². The lowest BCUT2D eigenvalue weighted by molar-refractivity contribution is 0.101. The van der Waals surface area contributed by atoms with E-state index in [2.05, 4.69) is 5.32 Å². The molecule has 0 fully saturated rings. The molecule has 7 heteroatoms. The van der Waals surface area contributed by atoms with Gasteiger partial charge >= 0.3 is 0 Å². The Labute approximate surface area is 197 Å². The number of furan rings is 1. The minimum absolute atomic E-state index is 0.0686. The first kappa shape index (κ1) is 21.4. The lowest BCUT2D eigenvalue weighted by Gasteiger charge is -2.06. The molecule has 33 heavy (non-hydrogen) atoms. The van der Waals surface area contributed by atoms with Crippen LogP contribution < -0.4 is 5.32 Å². The van der Waals surface area contributed by atoms with Gasteiger partial charge in [-0.3, -0.25) is 9.59 Å². The summed E-state index contributed by atoms with van der Waals surface area (Å²) < 4.78 is 20.8. The van der Waals surface area contributed by atoms with Crippen LogP contribution in [0.5, 0.6) is 0 Å². The van der Waals surface area contributed by atoms with Crippen LogP contribution >= 0.6 is 22.9 Å². The number of halogens is 2. The van der Waals surface area contributed by atoms with E-state index in [1.807, 2.05) is 25.1 Å². The third kappa shape index (κ3) is 3.71. The van der Waals surface area contributed by atoms with Crippen LogP contribution in [0.4, 0.5) is 10.1 Å². The van der Waals surface area contributed by atoms with E-state index < -0.39 is 17.5 Å². The Kier molecular flexibility index (Phi) is 5.27. The third-order valence-electron chi connectivity index (χ3n) is 5.47. The number of rotatable bonds is 4. The Balaban J connectivity index is 1.59. The maximum absolute atomic E-state index is 14.1. The van der Waals surface area contributed by atoms with Crippen LogP contribution in [0.2, 0.25) is 5.02 Å². The minimum Gasteiger partial charge on any atom is -0.450 e. The molecule has 0 bridgehead atoms. The Morgan fingerprint density at radius 3 is 2.58 bits per heavy atom. The average Bonchev–Trinajstić information content (AvgIpc) is 3.32. The first-order valence-electron chi connectivity index (χ1n) is 10.2. The number of para-hydroxylation sites is 1. The zero-order chi connectivity index (χ0) is 23.3. The number of carbonyl (C=O) groups is 2. The van der Waals surface area contributed by atoms with Crippen LogP contribution in [0.15, 0.2) is 65.1 Å². The molecule has 2 heterocycles. The monoisotopic (exact) mass is 477 g/mol. The van der Waals surface area contributed by atoms with Gasteiger partial charge < -0.3 is 9.73 Å². The summed E-state index contributed by atoms with van der Waals surface area (Å²) in [5.74, 6) is -1.54. The standard InChI is InChI=1S/C26H17ClFNO3S/c1-13-7-10-17-20(11-13)33-25(21(17)27)26(31)29-22-16-5-3-4-6-19(16)32-24(22)23(30)15-9-8-14(2)18(28)12-15/h3-12H,1-2H3,(H,29,31). The quantitative estimate of drug-likeness (QED) is 0.272. The largest absolute Gasteiger partial charge is 0.450 e. The Hall–Kier alpha value is -3.48. The van der Waals surface area contributed by atoms with Crippen molar-refractivity contribution in [3.05, 3.63) is 98.8 Å². The van der Waals surface area contributed by atoms with Crippen molar-refractivity contribution in [1.82, 2.24) is 0 Å². The molecule has 0 aliphatic rings. The molecule has 0 spiro atoms. The van der Waals surface area contributed by atoms with Crippen molar-refractivity contribution >= 4 is 61.4 Å². The fourth-order valence-electron chi connectivity index (χ4n) is 3.68. The zero-order valence-corrected chi connectivity index (χ0v) is 19.2. The molecule has 5 aromatic rings. The highest BCUT2D eigenvalue weighted by molar-refractivity contribution is 7.21. The van der Waals surface area contributed by atoms with Gasteiger partial charge in [-0.2, -0.15) is 0 Å². The molecule has 164 valence electrons. The molecular formula is C26H17ClFNO3S. The third-order valence-corrected chi connectivity index (χ3v) is 7.12. The second-order valence-corrected chi connectivity index (χ2v) is 9.22. The molecule has 0 aliphatic carbocycles. The highest BCUT2D eigenvalue weighted by Gasteiger charge is 2.26. The van der Waals surface area contributed by atoms with Crippen molar-refractivity contribution in [1.29, 1.82) is 0 Å². The normalized spacial score (nSPS) is 11.3. The first-order chi connectivity index (χ1) is 15.8. The predicted molar refractivity (Wildman–Crippen MR) is 130 cm³/mol. The zero-order valence-electron chi connectivity index (χ0n) is 17.7. The highest BCUT2D eigenvalue weighted by Crippen LogP contribution is 2.38. The van der Waals surface area contributed by atoms with Gasteiger partial charge in [-0.1, -0.05) is 48.0 Å². The molecule has 1 N–H and O–H groups in total. The van der Waals surface area contributed by atoms with E-state index >= 15 is 0 Å². The fraction of sp³-hybridized carbons (Fsp3) is 0.0769. The van der Waals surface area contributed by atoms with E-state index in [1.165, 1.54) is 29.5 Å². The topological polar surface area (TPSA) is 59.3 Å². The van der Waals surface area contributed by atoms with E-state index in [9.17, 15) is 14.0 Å². The first-order valence-corrected chi connectivity index (χ1v) is 11.4.